The normalized spacial score (nSPS) is 13.5. The highest BCUT2D eigenvalue weighted by Gasteiger charge is 2.69. The summed E-state index contributed by atoms with van der Waals surface area (Å²) in [6.07, 6.45) is 1.24. The van der Waals surface area contributed by atoms with Crippen LogP contribution in [0.3, 0.4) is 0 Å². The van der Waals surface area contributed by atoms with Crippen LogP contribution in [0.4, 0.5) is 50.2 Å². The van der Waals surface area contributed by atoms with E-state index in [1.165, 1.54) is 6.07 Å². The van der Waals surface area contributed by atoms with Crippen LogP contribution in [0.2, 0.25) is 0 Å². The van der Waals surface area contributed by atoms with Crippen molar-refractivity contribution in [1.29, 1.82) is 0 Å². The molecule has 0 N–H and O–H groups in total. The average Bonchev–Trinajstić information content (AvgIpc) is 2.99. The third-order valence-electron chi connectivity index (χ3n) is 7.63. The van der Waals surface area contributed by atoms with Crippen molar-refractivity contribution in [3.63, 3.8) is 0 Å². The molecule has 0 fully saturated rings. The maximum Gasteiger partial charge on any atom is 0.429 e. The smallest absolute Gasteiger partial charge is 0.429 e. The molecule has 0 bridgehead atoms. The Morgan fingerprint density at radius 3 is 1.76 bits per heavy atom. The van der Waals surface area contributed by atoms with Gasteiger partial charge in [-0.05, 0) is 78.1 Å². The molecule has 2 nitrogen and oxygen atoms in total. The Morgan fingerprint density at radius 1 is 0.620 bits per heavy atom. The minimum Gasteiger partial charge on any atom is -0.429 e. The predicted octanol–water partition coefficient (Wildman–Crippen LogP) is 13.3. The molecule has 1 heterocycles. The fourth-order valence-corrected chi connectivity index (χ4v) is 6.08. The molecule has 15 heteroatoms. The van der Waals surface area contributed by atoms with Crippen LogP contribution in [0.25, 0.3) is 33.5 Å². The molecule has 5 rings (SSSR count). The number of ether oxygens (including phenoxy) is 1. The van der Waals surface area contributed by atoms with E-state index < -0.39 is 72.8 Å². The monoisotopic (exact) mass is 735 g/mol. The second-order valence-electron chi connectivity index (χ2n) is 11.4. The Hall–Kier alpha value is -4.66. The van der Waals surface area contributed by atoms with Crippen molar-refractivity contribution in [3.05, 3.63) is 125 Å². The molecule has 5 aromatic rings. The van der Waals surface area contributed by atoms with Gasteiger partial charge in [0.2, 0.25) is 0 Å². The summed E-state index contributed by atoms with van der Waals surface area (Å²) in [7, 11) is -10.8. The predicted molar refractivity (Wildman–Crippen MR) is 166 cm³/mol. The standard InChI is InChI=1S/C35H25F12NOS/c1-2-3-4-5-20-6-13-33(48-19-20)22-8-12-27(30(38)15-22)35(41,42)49-24-9-11-25(29(37)18-24)21-7-10-26(28(36)14-21)23-16-31(39)34(32(40)17-23)50(43,44,45,46)47/h6-19H,2-5H2,1H3. The van der Waals surface area contributed by atoms with Crippen LogP contribution in [0.15, 0.2) is 90.0 Å². The van der Waals surface area contributed by atoms with Crippen molar-refractivity contribution in [2.45, 2.75) is 43.6 Å². The summed E-state index contributed by atoms with van der Waals surface area (Å²) in [4.78, 5) is 0.899. The lowest BCUT2D eigenvalue weighted by molar-refractivity contribution is -0.187. The minimum absolute atomic E-state index is 0.124. The van der Waals surface area contributed by atoms with Gasteiger partial charge in [0.25, 0.3) is 0 Å². The Labute approximate surface area is 278 Å². The highest BCUT2D eigenvalue weighted by atomic mass is 32.5. The minimum atomic E-state index is -10.8. The number of aromatic nitrogens is 1. The number of rotatable bonds is 11. The van der Waals surface area contributed by atoms with Crippen molar-refractivity contribution >= 4 is 10.2 Å². The van der Waals surface area contributed by atoms with Crippen LogP contribution in [-0.2, 0) is 12.5 Å². The summed E-state index contributed by atoms with van der Waals surface area (Å²) < 4.78 is 173. The van der Waals surface area contributed by atoms with Gasteiger partial charge in [0.05, 0.1) is 11.3 Å². The van der Waals surface area contributed by atoms with E-state index >= 15 is 13.2 Å². The van der Waals surface area contributed by atoms with Gasteiger partial charge in [-0.1, -0.05) is 63.5 Å². The number of unbranched alkanes of at least 4 members (excludes halogenated alkanes) is 2. The van der Waals surface area contributed by atoms with Gasteiger partial charge in [-0.3, -0.25) is 4.98 Å². The quantitative estimate of drug-likeness (QED) is 0.0995. The molecule has 0 aliphatic carbocycles. The van der Waals surface area contributed by atoms with E-state index in [1.807, 2.05) is 6.07 Å². The molecular formula is C35H25F12NOS. The largest absolute Gasteiger partial charge is 0.429 e. The Bertz CT molecular complexity index is 2050. The molecule has 50 heavy (non-hydrogen) atoms. The second-order valence-corrected chi connectivity index (χ2v) is 13.7. The first-order valence-corrected chi connectivity index (χ1v) is 16.8. The summed E-state index contributed by atoms with van der Waals surface area (Å²) in [5.41, 5.74) is -1.82. The molecule has 0 radical (unpaired) electrons. The summed E-state index contributed by atoms with van der Waals surface area (Å²) in [5, 5.41) is 0. The third-order valence-corrected chi connectivity index (χ3v) is 8.80. The molecule has 0 atom stereocenters. The zero-order valence-corrected chi connectivity index (χ0v) is 26.5. The van der Waals surface area contributed by atoms with Crippen LogP contribution in [0.1, 0.15) is 37.3 Å². The molecule has 0 amide bonds. The SMILES string of the molecule is CCCCCc1ccc(-c2ccc(C(F)(F)Oc3ccc(-c4ccc(-c5cc(F)c(S(F)(F)(F)(F)F)c(F)c5)c(F)c4)c(F)c3)c(F)c2)nc1. The van der Waals surface area contributed by atoms with Crippen LogP contribution in [-0.4, -0.2) is 4.98 Å². The first kappa shape index (κ1) is 36.6. The van der Waals surface area contributed by atoms with Crippen molar-refractivity contribution in [2.75, 3.05) is 0 Å². The Kier molecular flexibility index (Phi) is 9.22. The van der Waals surface area contributed by atoms with Gasteiger partial charge >= 0.3 is 16.3 Å². The van der Waals surface area contributed by atoms with E-state index in [-0.39, 0.29) is 28.8 Å². The average molecular weight is 736 g/mol. The van der Waals surface area contributed by atoms with Crippen LogP contribution >= 0.6 is 10.2 Å². The molecule has 4 aromatic carbocycles. The number of pyridine rings is 1. The van der Waals surface area contributed by atoms with Crippen LogP contribution < -0.4 is 4.74 Å². The lowest BCUT2D eigenvalue weighted by Crippen LogP contribution is -2.23. The lowest BCUT2D eigenvalue weighted by Gasteiger charge is -2.40. The number of benzene rings is 4. The van der Waals surface area contributed by atoms with Crippen molar-refractivity contribution in [1.82, 2.24) is 4.98 Å². The first-order chi connectivity index (χ1) is 23.2. The Balaban J connectivity index is 1.34. The van der Waals surface area contributed by atoms with E-state index in [4.69, 9.17) is 0 Å². The maximum atomic E-state index is 15.0. The number of hydrogen-bond donors (Lipinski definition) is 0. The van der Waals surface area contributed by atoms with Gasteiger partial charge in [-0.15, -0.1) is 0 Å². The van der Waals surface area contributed by atoms with Gasteiger partial charge in [0, 0.05) is 29.0 Å². The second kappa shape index (κ2) is 12.6. The number of halogens is 12. The molecular weight excluding hydrogens is 710 g/mol. The molecule has 0 saturated heterocycles. The summed E-state index contributed by atoms with van der Waals surface area (Å²) in [6, 6.07) is 10.8. The van der Waals surface area contributed by atoms with Crippen molar-refractivity contribution in [2.24, 2.45) is 0 Å². The lowest BCUT2D eigenvalue weighted by atomic mass is 9.99. The highest BCUT2D eigenvalue weighted by molar-refractivity contribution is 8.45. The zero-order valence-electron chi connectivity index (χ0n) is 25.7. The molecule has 0 spiro atoms. The van der Waals surface area contributed by atoms with E-state index in [0.29, 0.717) is 17.8 Å². The molecule has 0 aliphatic rings. The fraction of sp³-hybridized carbons (Fsp3) is 0.171. The van der Waals surface area contributed by atoms with Crippen molar-refractivity contribution in [3.8, 4) is 39.3 Å². The molecule has 0 unspecified atom stereocenters. The van der Waals surface area contributed by atoms with Gasteiger partial charge in [-0.2, -0.15) is 8.78 Å². The molecule has 1 aromatic heterocycles. The van der Waals surface area contributed by atoms with E-state index in [9.17, 15) is 37.0 Å². The molecule has 266 valence electrons. The fourth-order valence-electron chi connectivity index (χ4n) is 5.23. The number of hydrogen-bond acceptors (Lipinski definition) is 2. The van der Waals surface area contributed by atoms with Gasteiger partial charge in [0.15, 0.2) is 4.90 Å². The maximum absolute atomic E-state index is 15.0. The number of alkyl halides is 2. The molecule has 0 saturated carbocycles. The van der Waals surface area contributed by atoms with Crippen molar-refractivity contribution < 1.29 is 54.9 Å². The number of nitrogens with zero attached hydrogens (tertiary/aromatic N) is 1. The zero-order chi connectivity index (χ0) is 36.7. The first-order valence-electron chi connectivity index (χ1n) is 14.8. The van der Waals surface area contributed by atoms with Crippen LogP contribution in [0.5, 0.6) is 5.75 Å². The highest BCUT2D eigenvalue weighted by Crippen LogP contribution is 3.02. The van der Waals surface area contributed by atoms with Crippen LogP contribution in [0, 0.1) is 29.1 Å². The summed E-state index contributed by atoms with van der Waals surface area (Å²) in [6.45, 7) is 2.07. The van der Waals surface area contributed by atoms with Gasteiger partial charge < -0.3 is 4.74 Å². The summed E-state index contributed by atoms with van der Waals surface area (Å²) >= 11 is 0. The van der Waals surface area contributed by atoms with E-state index in [0.717, 1.165) is 67.6 Å². The van der Waals surface area contributed by atoms with E-state index in [2.05, 4.69) is 16.6 Å². The third kappa shape index (κ3) is 8.03. The van der Waals surface area contributed by atoms with Gasteiger partial charge in [-0.25, -0.2) is 22.0 Å². The topological polar surface area (TPSA) is 22.1 Å². The Morgan fingerprint density at radius 2 is 1.20 bits per heavy atom. The number of aryl methyl sites for hydroxylation is 1. The summed E-state index contributed by atoms with van der Waals surface area (Å²) in [5.74, 6) is -9.97. The van der Waals surface area contributed by atoms with E-state index in [1.54, 1.807) is 12.3 Å². The molecule has 0 aliphatic heterocycles. The van der Waals surface area contributed by atoms with Gasteiger partial charge in [0.1, 0.15) is 34.8 Å².